The Kier molecular flexibility index (Phi) is 7.89. The normalized spacial score (nSPS) is 25.6. The second kappa shape index (κ2) is 10.6. The first-order valence-corrected chi connectivity index (χ1v) is 13.2. The summed E-state index contributed by atoms with van der Waals surface area (Å²) in [5.41, 5.74) is 1.62. The second-order valence-electron chi connectivity index (χ2n) is 11.5. The van der Waals surface area contributed by atoms with Crippen LogP contribution < -0.4 is 0 Å². The number of aromatic nitrogens is 3. The minimum atomic E-state index is -0.326. The Balaban J connectivity index is 0.00000304. The van der Waals surface area contributed by atoms with Crippen LogP contribution in [0.1, 0.15) is 93.5 Å². The molecule has 0 unspecified atom stereocenters. The third-order valence-electron chi connectivity index (χ3n) is 8.25. The summed E-state index contributed by atoms with van der Waals surface area (Å²) in [6, 6.07) is 4.99. The van der Waals surface area contributed by atoms with Crippen molar-refractivity contribution in [3.63, 3.8) is 0 Å². The van der Waals surface area contributed by atoms with E-state index < -0.39 is 0 Å². The number of amides is 1. The van der Waals surface area contributed by atoms with Crippen molar-refractivity contribution in [1.82, 2.24) is 19.7 Å². The van der Waals surface area contributed by atoms with Crippen LogP contribution in [0.25, 0.3) is 0 Å². The number of halogens is 2. The molecule has 0 N–H and O–H groups in total. The maximum absolute atomic E-state index is 13.6. The summed E-state index contributed by atoms with van der Waals surface area (Å²) in [4.78, 5) is 27.6. The highest BCUT2D eigenvalue weighted by Gasteiger charge is 2.45. The quantitative estimate of drug-likeness (QED) is 0.471. The van der Waals surface area contributed by atoms with Gasteiger partial charge in [0.1, 0.15) is 23.2 Å². The van der Waals surface area contributed by atoms with Crippen molar-refractivity contribution in [3.8, 4) is 0 Å². The molecule has 6 nitrogen and oxygen atoms in total. The van der Waals surface area contributed by atoms with Gasteiger partial charge in [0.05, 0.1) is 0 Å². The molecule has 3 aliphatic rings. The Morgan fingerprint density at radius 1 is 1.11 bits per heavy atom. The molecule has 2 saturated carbocycles. The number of hydrogen-bond donors (Lipinski definition) is 0. The van der Waals surface area contributed by atoms with E-state index in [0.29, 0.717) is 31.0 Å². The predicted molar refractivity (Wildman–Crippen MR) is 139 cm³/mol. The first-order valence-electron chi connectivity index (χ1n) is 13.2. The number of ketones is 1. The third kappa shape index (κ3) is 5.36. The number of benzene rings is 1. The van der Waals surface area contributed by atoms with Gasteiger partial charge in [0.25, 0.3) is 0 Å². The molecule has 0 bridgehead atoms. The summed E-state index contributed by atoms with van der Waals surface area (Å²) in [6.45, 7) is 8.87. The molecule has 3 fully saturated rings. The van der Waals surface area contributed by atoms with Crippen molar-refractivity contribution >= 4 is 24.1 Å². The van der Waals surface area contributed by atoms with Gasteiger partial charge in [-0.2, -0.15) is 0 Å². The molecule has 1 amide bonds. The molecular formula is C28H38ClFN4O2. The standard InChI is InChI=1S/C28H37FN4O2.ClH/c1-16(2)9-19-11-21(12-19)27-30-31-28(33(27)23-7-8-23)25-15-32(18(4)34)14-24(25)26(35)13-20-5-6-22(29)10-17(20)3;/h5-6,10,16,19,21,23-25H,7-9,11-15H2,1-4H3;1H/t19?,21?,24-,25-;/m0./s1. The number of Topliss-reactive ketones (excluding diaryl/α,β-unsaturated/α-hetero) is 1. The first-order chi connectivity index (χ1) is 16.7. The van der Waals surface area contributed by atoms with Gasteiger partial charge < -0.3 is 9.47 Å². The van der Waals surface area contributed by atoms with E-state index in [1.807, 2.05) is 6.92 Å². The highest BCUT2D eigenvalue weighted by atomic mass is 35.5. The largest absolute Gasteiger partial charge is 0.341 e. The van der Waals surface area contributed by atoms with Gasteiger partial charge in [-0.25, -0.2) is 4.39 Å². The van der Waals surface area contributed by atoms with Gasteiger partial charge in [-0.1, -0.05) is 19.9 Å². The number of carbonyl (C=O) groups excluding carboxylic acids is 2. The molecule has 0 radical (unpaired) electrons. The molecule has 0 spiro atoms. The fourth-order valence-electron chi connectivity index (χ4n) is 6.19. The lowest BCUT2D eigenvalue weighted by atomic mass is 9.71. The van der Waals surface area contributed by atoms with Crippen molar-refractivity contribution in [1.29, 1.82) is 0 Å². The molecule has 1 aliphatic heterocycles. The van der Waals surface area contributed by atoms with Crippen LogP contribution in [-0.4, -0.2) is 44.4 Å². The van der Waals surface area contributed by atoms with Crippen LogP contribution >= 0.6 is 12.4 Å². The highest BCUT2D eigenvalue weighted by Crippen LogP contribution is 2.48. The minimum absolute atomic E-state index is 0. The van der Waals surface area contributed by atoms with Crippen LogP contribution in [-0.2, 0) is 16.0 Å². The summed E-state index contributed by atoms with van der Waals surface area (Å²) >= 11 is 0. The van der Waals surface area contributed by atoms with Gasteiger partial charge in [0.2, 0.25) is 5.91 Å². The Bertz CT molecular complexity index is 1120. The molecule has 36 heavy (non-hydrogen) atoms. The first kappa shape index (κ1) is 26.8. The molecule has 1 saturated heterocycles. The third-order valence-corrected chi connectivity index (χ3v) is 8.25. The van der Waals surface area contributed by atoms with E-state index in [9.17, 15) is 14.0 Å². The predicted octanol–water partition coefficient (Wildman–Crippen LogP) is 5.40. The monoisotopic (exact) mass is 516 g/mol. The lowest BCUT2D eigenvalue weighted by Crippen LogP contribution is -2.28. The molecule has 5 rings (SSSR count). The fourth-order valence-corrected chi connectivity index (χ4v) is 6.19. The number of rotatable bonds is 8. The smallest absolute Gasteiger partial charge is 0.219 e. The maximum Gasteiger partial charge on any atom is 0.219 e. The number of nitrogens with zero attached hydrogens (tertiary/aromatic N) is 4. The Hall–Kier alpha value is -2.28. The van der Waals surface area contributed by atoms with Crippen LogP contribution in [0.3, 0.4) is 0 Å². The molecule has 2 heterocycles. The van der Waals surface area contributed by atoms with E-state index in [1.165, 1.54) is 31.4 Å². The van der Waals surface area contributed by atoms with E-state index >= 15 is 0 Å². The van der Waals surface area contributed by atoms with Crippen LogP contribution in [0.15, 0.2) is 18.2 Å². The SMILES string of the molecule is CC(=O)N1C[C@H](C(=O)Cc2ccc(F)cc2C)[C@@H](c2nnc(C3CC(CC(C)C)C3)n2C2CC2)C1.Cl. The summed E-state index contributed by atoms with van der Waals surface area (Å²) in [6.07, 6.45) is 6.08. The molecule has 2 aliphatic carbocycles. The van der Waals surface area contributed by atoms with Gasteiger partial charge in [0.15, 0.2) is 0 Å². The van der Waals surface area contributed by atoms with Gasteiger partial charge >= 0.3 is 0 Å². The van der Waals surface area contributed by atoms with E-state index in [4.69, 9.17) is 0 Å². The van der Waals surface area contributed by atoms with Crippen LogP contribution in [0.4, 0.5) is 4.39 Å². The molecule has 196 valence electrons. The maximum atomic E-state index is 13.6. The molecule has 1 aromatic carbocycles. The van der Waals surface area contributed by atoms with Gasteiger partial charge in [0, 0.05) is 50.2 Å². The molecule has 1 aromatic heterocycles. The molecule has 8 heteroatoms. The summed E-state index contributed by atoms with van der Waals surface area (Å²) in [7, 11) is 0. The average Bonchev–Trinajstić information content (AvgIpc) is 3.35. The van der Waals surface area contributed by atoms with Crippen LogP contribution in [0.5, 0.6) is 0 Å². The number of likely N-dealkylation sites (tertiary alicyclic amines) is 1. The van der Waals surface area contributed by atoms with Crippen molar-refractivity contribution in [2.75, 3.05) is 13.1 Å². The Morgan fingerprint density at radius 2 is 1.81 bits per heavy atom. The van der Waals surface area contributed by atoms with E-state index in [1.54, 1.807) is 17.9 Å². The number of aryl methyl sites for hydroxylation is 1. The van der Waals surface area contributed by atoms with Crippen LogP contribution in [0.2, 0.25) is 0 Å². The average molecular weight is 517 g/mol. The van der Waals surface area contributed by atoms with Crippen molar-refractivity contribution in [2.24, 2.45) is 17.8 Å². The topological polar surface area (TPSA) is 68.1 Å². The Labute approximate surface area is 219 Å². The second-order valence-corrected chi connectivity index (χ2v) is 11.5. The van der Waals surface area contributed by atoms with Gasteiger partial charge in [-0.15, -0.1) is 22.6 Å². The minimum Gasteiger partial charge on any atom is -0.341 e. The summed E-state index contributed by atoms with van der Waals surface area (Å²) in [5.74, 6) is 3.19. The molecular weight excluding hydrogens is 479 g/mol. The van der Waals surface area contributed by atoms with E-state index in [0.717, 1.165) is 41.5 Å². The zero-order valence-electron chi connectivity index (χ0n) is 21.7. The molecule has 2 atom stereocenters. The Morgan fingerprint density at radius 3 is 2.42 bits per heavy atom. The van der Waals surface area contributed by atoms with Gasteiger partial charge in [-0.05, 0) is 74.1 Å². The highest BCUT2D eigenvalue weighted by molar-refractivity contribution is 5.86. The molecule has 2 aromatic rings. The lowest BCUT2D eigenvalue weighted by Gasteiger charge is -2.36. The van der Waals surface area contributed by atoms with Crippen molar-refractivity contribution < 1.29 is 14.0 Å². The van der Waals surface area contributed by atoms with Crippen molar-refractivity contribution in [2.45, 2.75) is 84.1 Å². The zero-order valence-corrected chi connectivity index (χ0v) is 22.6. The number of carbonyl (C=O) groups is 2. The van der Waals surface area contributed by atoms with Crippen LogP contribution in [0, 0.1) is 30.5 Å². The zero-order chi connectivity index (χ0) is 24.9. The van der Waals surface area contributed by atoms with Crippen molar-refractivity contribution in [3.05, 3.63) is 46.8 Å². The van der Waals surface area contributed by atoms with E-state index in [2.05, 4.69) is 28.6 Å². The summed E-state index contributed by atoms with van der Waals surface area (Å²) < 4.78 is 15.9. The fraction of sp³-hybridized carbons (Fsp3) is 0.643. The summed E-state index contributed by atoms with van der Waals surface area (Å²) in [5, 5.41) is 9.37. The van der Waals surface area contributed by atoms with E-state index in [-0.39, 0.29) is 48.2 Å². The van der Waals surface area contributed by atoms with Gasteiger partial charge in [-0.3, -0.25) is 9.59 Å². The lowest BCUT2D eigenvalue weighted by molar-refractivity contribution is -0.128. The number of hydrogen-bond acceptors (Lipinski definition) is 4.